The van der Waals surface area contributed by atoms with E-state index in [1.54, 1.807) is 0 Å². The zero-order valence-corrected chi connectivity index (χ0v) is 10.9. The minimum Gasteiger partial charge on any atom is -0.191 e. The van der Waals surface area contributed by atoms with E-state index < -0.39 is 0 Å². The van der Waals surface area contributed by atoms with E-state index in [9.17, 15) is 0 Å². The molecule has 0 N–H and O–H groups in total. The molecule has 0 spiro atoms. The van der Waals surface area contributed by atoms with Crippen molar-refractivity contribution < 1.29 is 0 Å². The van der Waals surface area contributed by atoms with Gasteiger partial charge in [0.05, 0.1) is 10.6 Å². The van der Waals surface area contributed by atoms with Crippen LogP contribution in [0.4, 0.5) is 0 Å². The van der Waals surface area contributed by atoms with Crippen molar-refractivity contribution in [1.82, 2.24) is 4.37 Å². The van der Waals surface area contributed by atoms with E-state index in [-0.39, 0.29) is 0 Å². The van der Waals surface area contributed by atoms with E-state index in [2.05, 4.69) is 53.8 Å². The Labute approximate surface area is 111 Å². The highest BCUT2D eigenvalue weighted by molar-refractivity contribution is 7.09. The van der Waals surface area contributed by atoms with Crippen molar-refractivity contribution in [2.24, 2.45) is 0 Å². The molecule has 0 aliphatic carbocycles. The molecule has 0 bridgehead atoms. The maximum absolute atomic E-state index is 4.47. The van der Waals surface area contributed by atoms with Crippen molar-refractivity contribution >= 4 is 11.5 Å². The fourth-order valence-electron chi connectivity index (χ4n) is 1.80. The Kier molecular flexibility index (Phi) is 2.95. The molecular weight excluding hydrogens is 238 g/mol. The lowest BCUT2D eigenvalue weighted by molar-refractivity contribution is 1.47. The second kappa shape index (κ2) is 4.75. The van der Waals surface area contributed by atoms with Crippen LogP contribution in [-0.2, 0) is 0 Å². The Hall–Kier alpha value is -1.93. The van der Waals surface area contributed by atoms with Crippen LogP contribution < -0.4 is 0 Å². The van der Waals surface area contributed by atoms with Gasteiger partial charge >= 0.3 is 0 Å². The average molecular weight is 250 g/mol. The van der Waals surface area contributed by atoms with E-state index in [0.717, 1.165) is 16.1 Å². The van der Waals surface area contributed by atoms with Gasteiger partial charge in [-0.15, -0.1) is 0 Å². The quantitative estimate of drug-likeness (QED) is 0.648. The lowest BCUT2D eigenvalue weighted by atomic mass is 10.1. The highest BCUT2D eigenvalue weighted by atomic mass is 32.1. The van der Waals surface area contributed by atoms with E-state index in [1.807, 2.05) is 18.2 Å². The standard InChI is InChI=1S/C16H12NS/c1-12-7-9-14(10-8-12)16-11-15(17-18-16)13-5-3-2-4-6-13/h2-10H,1H3. The molecule has 2 aromatic carbocycles. The molecule has 3 aromatic rings. The van der Waals surface area contributed by atoms with E-state index in [0.29, 0.717) is 0 Å². The Morgan fingerprint density at radius 2 is 1.61 bits per heavy atom. The monoisotopic (exact) mass is 250 g/mol. The van der Waals surface area contributed by atoms with Crippen LogP contribution in [-0.4, -0.2) is 4.37 Å². The summed E-state index contributed by atoms with van der Waals surface area (Å²) >= 11 is 1.50. The SMILES string of the molecule is Cc1ccc(-c2[c]c(-c3ccccc3)ns2)cc1. The summed E-state index contributed by atoms with van der Waals surface area (Å²) < 4.78 is 4.47. The molecule has 0 saturated carbocycles. The first kappa shape index (κ1) is 11.2. The summed E-state index contributed by atoms with van der Waals surface area (Å²) in [4.78, 5) is 1.09. The van der Waals surface area contributed by atoms with Gasteiger partial charge in [-0.2, -0.15) is 4.37 Å². The van der Waals surface area contributed by atoms with Crippen LogP contribution in [0.25, 0.3) is 21.7 Å². The molecule has 0 atom stereocenters. The van der Waals surface area contributed by atoms with Gasteiger partial charge in [-0.05, 0) is 24.0 Å². The van der Waals surface area contributed by atoms with Crippen LogP contribution >= 0.6 is 11.5 Å². The second-order valence-corrected chi connectivity index (χ2v) is 4.99. The third-order valence-corrected chi connectivity index (χ3v) is 3.62. The van der Waals surface area contributed by atoms with Gasteiger partial charge in [-0.3, -0.25) is 0 Å². The molecule has 0 amide bonds. The minimum absolute atomic E-state index is 0.927. The number of aromatic nitrogens is 1. The third-order valence-electron chi connectivity index (χ3n) is 2.82. The van der Waals surface area contributed by atoms with Crippen molar-refractivity contribution in [2.45, 2.75) is 6.92 Å². The maximum atomic E-state index is 4.47. The number of hydrogen-bond acceptors (Lipinski definition) is 2. The molecule has 0 unspecified atom stereocenters. The summed E-state index contributed by atoms with van der Waals surface area (Å²) in [5.74, 6) is 0. The summed E-state index contributed by atoms with van der Waals surface area (Å²) in [6.07, 6.45) is 0. The highest BCUT2D eigenvalue weighted by Gasteiger charge is 2.06. The van der Waals surface area contributed by atoms with Crippen LogP contribution in [0.2, 0.25) is 0 Å². The van der Waals surface area contributed by atoms with Crippen LogP contribution in [0.1, 0.15) is 5.56 Å². The second-order valence-electron chi connectivity index (χ2n) is 4.22. The molecule has 1 aromatic heterocycles. The summed E-state index contributed by atoms with van der Waals surface area (Å²) in [7, 11) is 0. The summed E-state index contributed by atoms with van der Waals surface area (Å²) in [6.45, 7) is 2.09. The van der Waals surface area contributed by atoms with Crippen molar-refractivity contribution in [3.63, 3.8) is 0 Å². The molecule has 1 heterocycles. The number of hydrogen-bond donors (Lipinski definition) is 0. The van der Waals surface area contributed by atoms with Gasteiger partial charge in [0.2, 0.25) is 0 Å². The van der Waals surface area contributed by atoms with E-state index >= 15 is 0 Å². The van der Waals surface area contributed by atoms with Gasteiger partial charge in [0.25, 0.3) is 0 Å². The number of nitrogens with zero attached hydrogens (tertiary/aromatic N) is 1. The predicted octanol–water partition coefficient (Wildman–Crippen LogP) is 4.59. The lowest BCUT2D eigenvalue weighted by Crippen LogP contribution is -1.75. The van der Waals surface area contributed by atoms with Gasteiger partial charge in [0.1, 0.15) is 0 Å². The molecule has 87 valence electrons. The Morgan fingerprint density at radius 1 is 0.889 bits per heavy atom. The van der Waals surface area contributed by atoms with Crippen LogP contribution in [0.3, 0.4) is 0 Å². The Balaban J connectivity index is 1.97. The lowest BCUT2D eigenvalue weighted by Gasteiger charge is -1.96. The minimum atomic E-state index is 0.927. The molecule has 0 fully saturated rings. The summed E-state index contributed by atoms with van der Waals surface area (Å²) in [6, 6.07) is 22.0. The molecule has 18 heavy (non-hydrogen) atoms. The Bertz CT molecular complexity index is 638. The first-order valence-corrected chi connectivity index (χ1v) is 6.62. The average Bonchev–Trinajstić information content (AvgIpc) is 2.90. The molecule has 2 heteroatoms. The number of benzene rings is 2. The zero-order valence-electron chi connectivity index (χ0n) is 10.1. The van der Waals surface area contributed by atoms with Gasteiger partial charge in [0, 0.05) is 11.6 Å². The summed E-state index contributed by atoms with van der Waals surface area (Å²) in [5, 5.41) is 0. The first-order chi connectivity index (χ1) is 8.83. The predicted molar refractivity (Wildman–Crippen MR) is 76.6 cm³/mol. The fraction of sp³-hybridized carbons (Fsp3) is 0.0625. The molecule has 0 saturated heterocycles. The van der Waals surface area contributed by atoms with Crippen molar-refractivity contribution in [3.8, 4) is 21.7 Å². The number of aryl methyl sites for hydroxylation is 1. The normalized spacial score (nSPS) is 10.5. The third kappa shape index (κ3) is 2.20. The smallest absolute Gasteiger partial charge is 0.0926 e. The van der Waals surface area contributed by atoms with E-state index in [1.165, 1.54) is 22.7 Å². The molecule has 1 radical (unpaired) electrons. The first-order valence-electron chi connectivity index (χ1n) is 5.84. The molecule has 0 aliphatic heterocycles. The van der Waals surface area contributed by atoms with Crippen molar-refractivity contribution in [3.05, 3.63) is 66.2 Å². The highest BCUT2D eigenvalue weighted by Crippen LogP contribution is 2.28. The van der Waals surface area contributed by atoms with Gasteiger partial charge in [-0.1, -0.05) is 60.2 Å². The molecule has 1 nitrogen and oxygen atoms in total. The zero-order chi connectivity index (χ0) is 12.4. The van der Waals surface area contributed by atoms with Gasteiger partial charge in [-0.25, -0.2) is 0 Å². The largest absolute Gasteiger partial charge is 0.191 e. The van der Waals surface area contributed by atoms with Crippen LogP contribution in [0, 0.1) is 13.0 Å². The van der Waals surface area contributed by atoms with E-state index in [4.69, 9.17) is 0 Å². The van der Waals surface area contributed by atoms with Crippen molar-refractivity contribution in [2.75, 3.05) is 0 Å². The molecule has 0 aliphatic rings. The Morgan fingerprint density at radius 3 is 2.33 bits per heavy atom. The maximum Gasteiger partial charge on any atom is 0.0926 e. The summed E-state index contributed by atoms with van der Waals surface area (Å²) in [5.41, 5.74) is 4.50. The molecular formula is C16H12NS. The molecule has 3 rings (SSSR count). The fourth-order valence-corrected chi connectivity index (χ4v) is 2.51. The topological polar surface area (TPSA) is 12.9 Å². The van der Waals surface area contributed by atoms with Crippen LogP contribution in [0.5, 0.6) is 0 Å². The number of rotatable bonds is 2. The van der Waals surface area contributed by atoms with Crippen LogP contribution in [0.15, 0.2) is 54.6 Å². The van der Waals surface area contributed by atoms with Crippen molar-refractivity contribution in [1.29, 1.82) is 0 Å². The van der Waals surface area contributed by atoms with Gasteiger partial charge in [0.15, 0.2) is 0 Å². The van der Waals surface area contributed by atoms with Gasteiger partial charge < -0.3 is 0 Å².